The number of rotatable bonds is 10. The fourth-order valence-corrected chi connectivity index (χ4v) is 2.94. The largest absolute Gasteiger partial charge is 0.496 e. The Bertz CT molecular complexity index is 939. The zero-order chi connectivity index (χ0) is 21.2. The molecular formula is C25H27NO4. The van der Waals surface area contributed by atoms with Gasteiger partial charge in [-0.1, -0.05) is 37.3 Å². The Labute approximate surface area is 177 Å². The first-order valence-corrected chi connectivity index (χ1v) is 10.0. The normalized spacial score (nSPS) is 10.5. The second kappa shape index (κ2) is 11.0. The smallest absolute Gasteiger partial charge is 0.255 e. The fraction of sp³-hybridized carbons (Fsp3) is 0.240. The molecule has 156 valence electrons. The third-order valence-electron chi connectivity index (χ3n) is 4.51. The molecular weight excluding hydrogens is 378 g/mol. The molecule has 0 aliphatic carbocycles. The van der Waals surface area contributed by atoms with E-state index in [4.69, 9.17) is 14.2 Å². The van der Waals surface area contributed by atoms with Gasteiger partial charge in [-0.2, -0.15) is 0 Å². The second-order valence-corrected chi connectivity index (χ2v) is 6.83. The highest BCUT2D eigenvalue weighted by Crippen LogP contribution is 2.22. The van der Waals surface area contributed by atoms with Gasteiger partial charge in [-0.05, 0) is 54.4 Å². The molecule has 0 saturated carbocycles. The van der Waals surface area contributed by atoms with Crippen molar-refractivity contribution in [2.75, 3.05) is 19.0 Å². The van der Waals surface area contributed by atoms with Crippen LogP contribution in [-0.4, -0.2) is 19.6 Å². The lowest BCUT2D eigenvalue weighted by Gasteiger charge is -2.12. The van der Waals surface area contributed by atoms with E-state index in [1.165, 1.54) is 0 Å². The van der Waals surface area contributed by atoms with Gasteiger partial charge in [0.1, 0.15) is 18.1 Å². The number of anilines is 1. The van der Waals surface area contributed by atoms with Crippen molar-refractivity contribution in [1.29, 1.82) is 0 Å². The molecule has 0 radical (unpaired) electrons. The maximum absolute atomic E-state index is 12.7. The van der Waals surface area contributed by atoms with Crippen LogP contribution in [0.1, 0.15) is 34.8 Å². The van der Waals surface area contributed by atoms with Crippen LogP contribution >= 0.6 is 0 Å². The Morgan fingerprint density at radius 2 is 1.70 bits per heavy atom. The summed E-state index contributed by atoms with van der Waals surface area (Å²) in [6.07, 6.45) is 0.938. The SMILES string of the molecule is CCCOCc1cc(C(=O)Nc2ccc(OCc3ccccc3)cc2)ccc1OC. The van der Waals surface area contributed by atoms with Gasteiger partial charge >= 0.3 is 0 Å². The highest BCUT2D eigenvalue weighted by molar-refractivity contribution is 6.04. The number of hydrogen-bond donors (Lipinski definition) is 1. The summed E-state index contributed by atoms with van der Waals surface area (Å²) in [6, 6.07) is 22.7. The van der Waals surface area contributed by atoms with Crippen molar-refractivity contribution in [1.82, 2.24) is 0 Å². The summed E-state index contributed by atoms with van der Waals surface area (Å²) >= 11 is 0. The zero-order valence-electron chi connectivity index (χ0n) is 17.4. The van der Waals surface area contributed by atoms with Crippen molar-refractivity contribution in [3.8, 4) is 11.5 Å². The Morgan fingerprint density at radius 1 is 0.933 bits per heavy atom. The lowest BCUT2D eigenvalue weighted by Crippen LogP contribution is -2.12. The number of benzene rings is 3. The first-order valence-electron chi connectivity index (χ1n) is 10.0. The highest BCUT2D eigenvalue weighted by Gasteiger charge is 2.11. The van der Waals surface area contributed by atoms with Gasteiger partial charge in [0.25, 0.3) is 5.91 Å². The van der Waals surface area contributed by atoms with Crippen molar-refractivity contribution < 1.29 is 19.0 Å². The lowest BCUT2D eigenvalue weighted by molar-refractivity contribution is 0.102. The summed E-state index contributed by atoms with van der Waals surface area (Å²) in [7, 11) is 1.61. The van der Waals surface area contributed by atoms with E-state index in [0.29, 0.717) is 36.8 Å². The molecule has 0 atom stereocenters. The van der Waals surface area contributed by atoms with E-state index in [-0.39, 0.29) is 5.91 Å². The lowest BCUT2D eigenvalue weighted by atomic mass is 10.1. The second-order valence-electron chi connectivity index (χ2n) is 6.83. The zero-order valence-corrected chi connectivity index (χ0v) is 17.4. The topological polar surface area (TPSA) is 56.8 Å². The number of methoxy groups -OCH3 is 1. The predicted octanol–water partition coefficient (Wildman–Crippen LogP) is 5.45. The Kier molecular flexibility index (Phi) is 7.86. The third-order valence-corrected chi connectivity index (χ3v) is 4.51. The molecule has 0 aromatic heterocycles. The number of ether oxygens (including phenoxy) is 3. The van der Waals surface area contributed by atoms with Crippen LogP contribution in [0.15, 0.2) is 72.8 Å². The summed E-state index contributed by atoms with van der Waals surface area (Å²) < 4.78 is 16.8. The molecule has 0 bridgehead atoms. The van der Waals surface area contributed by atoms with Crippen molar-refractivity contribution in [3.63, 3.8) is 0 Å². The van der Waals surface area contributed by atoms with Crippen molar-refractivity contribution in [3.05, 3.63) is 89.5 Å². The van der Waals surface area contributed by atoms with Crippen LogP contribution in [0.4, 0.5) is 5.69 Å². The maximum Gasteiger partial charge on any atom is 0.255 e. The Morgan fingerprint density at radius 3 is 2.40 bits per heavy atom. The Balaban J connectivity index is 1.60. The van der Waals surface area contributed by atoms with Gasteiger partial charge in [-0.25, -0.2) is 0 Å². The summed E-state index contributed by atoms with van der Waals surface area (Å²) in [5.74, 6) is 1.27. The van der Waals surface area contributed by atoms with Crippen LogP contribution < -0.4 is 14.8 Å². The molecule has 0 saturated heterocycles. The van der Waals surface area contributed by atoms with Gasteiger partial charge in [0, 0.05) is 23.4 Å². The predicted molar refractivity (Wildman–Crippen MR) is 118 cm³/mol. The van der Waals surface area contributed by atoms with Crippen LogP contribution in [0.25, 0.3) is 0 Å². The molecule has 5 heteroatoms. The molecule has 0 aliphatic rings. The van der Waals surface area contributed by atoms with E-state index < -0.39 is 0 Å². The number of hydrogen-bond acceptors (Lipinski definition) is 4. The monoisotopic (exact) mass is 405 g/mol. The van der Waals surface area contributed by atoms with E-state index in [9.17, 15) is 4.79 Å². The average Bonchev–Trinajstić information content (AvgIpc) is 2.79. The molecule has 1 amide bonds. The van der Waals surface area contributed by atoms with Gasteiger partial charge in [-0.15, -0.1) is 0 Å². The molecule has 0 spiro atoms. The third kappa shape index (κ3) is 6.09. The molecule has 5 nitrogen and oxygen atoms in total. The van der Waals surface area contributed by atoms with Crippen LogP contribution in [0.5, 0.6) is 11.5 Å². The van der Waals surface area contributed by atoms with Crippen LogP contribution in [-0.2, 0) is 18.0 Å². The van der Waals surface area contributed by atoms with Gasteiger partial charge in [0.05, 0.1) is 13.7 Å². The van der Waals surface area contributed by atoms with Crippen LogP contribution in [0, 0.1) is 0 Å². The van der Waals surface area contributed by atoms with Crippen LogP contribution in [0.3, 0.4) is 0 Å². The number of carbonyl (C=O) groups is 1. The number of carbonyl (C=O) groups excluding carboxylic acids is 1. The molecule has 0 unspecified atom stereocenters. The summed E-state index contributed by atoms with van der Waals surface area (Å²) in [5, 5.41) is 2.92. The first kappa shape index (κ1) is 21.4. The number of amides is 1. The first-order chi connectivity index (χ1) is 14.7. The molecule has 3 rings (SSSR count). The molecule has 0 aliphatic heterocycles. The standard InChI is InChI=1S/C25H27NO4/c1-3-15-29-18-21-16-20(9-14-24(21)28-2)25(27)26-22-10-12-23(13-11-22)30-17-19-7-5-4-6-8-19/h4-14,16H,3,15,17-18H2,1-2H3,(H,26,27). The molecule has 3 aromatic carbocycles. The molecule has 1 N–H and O–H groups in total. The van der Waals surface area contributed by atoms with Crippen molar-refractivity contribution >= 4 is 11.6 Å². The molecule has 0 fully saturated rings. The van der Waals surface area contributed by atoms with Crippen molar-refractivity contribution in [2.45, 2.75) is 26.6 Å². The van der Waals surface area contributed by atoms with Crippen molar-refractivity contribution in [2.24, 2.45) is 0 Å². The minimum Gasteiger partial charge on any atom is -0.496 e. The number of nitrogens with one attached hydrogen (secondary N) is 1. The van der Waals surface area contributed by atoms with Gasteiger partial charge < -0.3 is 19.5 Å². The van der Waals surface area contributed by atoms with E-state index in [1.807, 2.05) is 54.6 Å². The van der Waals surface area contributed by atoms with Gasteiger partial charge in [0.2, 0.25) is 0 Å². The molecule has 30 heavy (non-hydrogen) atoms. The molecule has 3 aromatic rings. The van der Waals surface area contributed by atoms with Crippen LogP contribution in [0.2, 0.25) is 0 Å². The quantitative estimate of drug-likeness (QED) is 0.456. The molecule has 0 heterocycles. The van der Waals surface area contributed by atoms with Gasteiger partial charge in [0.15, 0.2) is 0 Å². The summed E-state index contributed by atoms with van der Waals surface area (Å²) in [6.45, 7) is 3.63. The fourth-order valence-electron chi connectivity index (χ4n) is 2.94. The Hall–Kier alpha value is -3.31. The summed E-state index contributed by atoms with van der Waals surface area (Å²) in [5.41, 5.74) is 3.21. The van der Waals surface area contributed by atoms with E-state index in [2.05, 4.69) is 12.2 Å². The summed E-state index contributed by atoms with van der Waals surface area (Å²) in [4.78, 5) is 12.7. The van der Waals surface area contributed by atoms with Gasteiger partial charge in [-0.3, -0.25) is 4.79 Å². The van der Waals surface area contributed by atoms with E-state index in [1.54, 1.807) is 25.3 Å². The van der Waals surface area contributed by atoms with E-state index in [0.717, 1.165) is 23.3 Å². The minimum absolute atomic E-state index is 0.188. The van der Waals surface area contributed by atoms with E-state index >= 15 is 0 Å². The average molecular weight is 405 g/mol. The maximum atomic E-state index is 12.7. The minimum atomic E-state index is -0.188. The highest BCUT2D eigenvalue weighted by atomic mass is 16.5.